The predicted octanol–water partition coefficient (Wildman–Crippen LogP) is 4.70. The standard InChI is InChI=1S/C24H48NO9P/c1-2-3-4-5-6-7-8-9-10-11-12-13-14-15-16-17-23(27)32-18-21(26)19-33-35(30,31)34-20-22(25)24(28)29/h21-22,26H,2-20,25H2,1H3,(H,28,29)(H,30,31)/t21-,22+/m1/s1/i9T,10T/t9-,10-,21-,22+. The minimum absolute atomic E-state index is 0.177. The van der Waals surface area contributed by atoms with Crippen molar-refractivity contribution in [2.75, 3.05) is 19.8 Å². The molecule has 0 radical (unpaired) electrons. The number of esters is 1. The lowest BCUT2D eigenvalue weighted by Crippen LogP contribution is -2.34. The van der Waals surface area contributed by atoms with Crippen LogP contribution in [0.3, 0.4) is 0 Å². The normalized spacial score (nSPS) is 17.5. The Morgan fingerprint density at radius 2 is 1.34 bits per heavy atom. The van der Waals surface area contributed by atoms with Crippen LogP contribution in [0.15, 0.2) is 0 Å². The fraction of sp³-hybridized carbons (Fsp3) is 0.917. The Morgan fingerprint density at radius 3 is 1.89 bits per heavy atom. The van der Waals surface area contributed by atoms with Crippen molar-refractivity contribution < 1.29 is 45.8 Å². The lowest BCUT2D eigenvalue weighted by atomic mass is 10.0. The topological polar surface area (TPSA) is 166 Å². The molecule has 11 heteroatoms. The van der Waals surface area contributed by atoms with Crippen LogP contribution < -0.4 is 5.73 Å². The van der Waals surface area contributed by atoms with Crippen molar-refractivity contribution in [3.05, 3.63) is 0 Å². The van der Waals surface area contributed by atoms with Gasteiger partial charge in [0.15, 0.2) is 0 Å². The number of phosphoric acid groups is 1. The number of hydrogen-bond acceptors (Lipinski definition) is 8. The quantitative estimate of drug-likeness (QED) is 0.0740. The third kappa shape index (κ3) is 23.1. The van der Waals surface area contributed by atoms with Crippen molar-refractivity contribution in [1.82, 2.24) is 0 Å². The van der Waals surface area contributed by atoms with E-state index in [0.717, 1.165) is 51.4 Å². The summed E-state index contributed by atoms with van der Waals surface area (Å²) < 4.78 is 41.8. The molecular formula is C24H48NO9P. The summed E-state index contributed by atoms with van der Waals surface area (Å²) in [6, 6.07) is -1.50. The van der Waals surface area contributed by atoms with E-state index in [2.05, 4.69) is 16.0 Å². The Labute approximate surface area is 213 Å². The maximum absolute atomic E-state index is 11.8. The lowest BCUT2D eigenvalue weighted by molar-refractivity contribution is -0.147. The van der Waals surface area contributed by atoms with Gasteiger partial charge < -0.3 is 25.6 Å². The molecule has 0 aliphatic rings. The van der Waals surface area contributed by atoms with Crippen LogP contribution in [0.25, 0.3) is 0 Å². The molecule has 0 rings (SSSR count). The van der Waals surface area contributed by atoms with Gasteiger partial charge in [0, 0.05) is 9.16 Å². The van der Waals surface area contributed by atoms with Crippen LogP contribution >= 0.6 is 7.82 Å². The van der Waals surface area contributed by atoms with Crippen LogP contribution in [0.4, 0.5) is 0 Å². The van der Waals surface area contributed by atoms with Gasteiger partial charge in [0.1, 0.15) is 18.8 Å². The second-order valence-corrected chi connectivity index (χ2v) is 10.1. The zero-order chi connectivity index (χ0) is 28.1. The number of carboxylic acids is 1. The van der Waals surface area contributed by atoms with Gasteiger partial charge in [-0.15, -0.1) is 0 Å². The van der Waals surface area contributed by atoms with Crippen molar-refractivity contribution in [1.29, 1.82) is 0 Å². The Hall–Kier alpha value is -1.03. The van der Waals surface area contributed by atoms with Gasteiger partial charge in [-0.25, -0.2) is 4.57 Å². The summed E-state index contributed by atoms with van der Waals surface area (Å²) in [5.41, 5.74) is 5.15. The zero-order valence-corrected chi connectivity index (χ0v) is 22.0. The highest BCUT2D eigenvalue weighted by Gasteiger charge is 2.26. The number of nitrogens with two attached hydrogens (primary N) is 1. The first-order chi connectivity index (χ1) is 17.5. The lowest BCUT2D eigenvalue weighted by Gasteiger charge is -2.16. The second-order valence-electron chi connectivity index (χ2n) is 8.68. The number of rotatable bonds is 25. The molecule has 35 heavy (non-hydrogen) atoms. The van der Waals surface area contributed by atoms with Crippen LogP contribution in [0.1, 0.15) is 112 Å². The second kappa shape index (κ2) is 22.2. The highest BCUT2D eigenvalue weighted by Crippen LogP contribution is 2.43. The predicted molar refractivity (Wildman–Crippen MR) is 134 cm³/mol. The van der Waals surface area contributed by atoms with Gasteiger partial charge in [0.2, 0.25) is 0 Å². The molecule has 208 valence electrons. The van der Waals surface area contributed by atoms with Gasteiger partial charge in [-0.05, 0) is 6.42 Å². The molecule has 0 aliphatic heterocycles. The van der Waals surface area contributed by atoms with Crippen LogP contribution in [0.5, 0.6) is 0 Å². The van der Waals surface area contributed by atoms with E-state index in [1.807, 2.05) is 0 Å². The first-order valence-electron chi connectivity index (χ1n) is 13.9. The number of carbonyl (C=O) groups excluding carboxylic acids is 1. The van der Waals surface area contributed by atoms with Gasteiger partial charge in [-0.1, -0.05) is 96.8 Å². The van der Waals surface area contributed by atoms with Crippen LogP contribution in [-0.2, 0) is 27.9 Å². The number of hydrogen-bond donors (Lipinski definition) is 4. The maximum atomic E-state index is 11.8. The summed E-state index contributed by atoms with van der Waals surface area (Å²) >= 11 is 0. The molecule has 0 aromatic heterocycles. The van der Waals surface area contributed by atoms with E-state index in [1.165, 1.54) is 25.7 Å². The van der Waals surface area contributed by atoms with E-state index in [4.69, 9.17) is 18.3 Å². The number of unbranched alkanes of at least 4 members (excludes halogenated alkanes) is 9. The third-order valence-electron chi connectivity index (χ3n) is 5.24. The number of ether oxygens (including phenoxy) is 1. The Kier molecular flexibility index (Phi) is 19.1. The average Bonchev–Trinajstić information content (AvgIpc) is 2.85. The summed E-state index contributed by atoms with van der Waals surface area (Å²) in [5.74, 6) is -1.92. The zero-order valence-electron chi connectivity index (χ0n) is 23.1. The molecule has 0 fully saturated rings. The summed E-state index contributed by atoms with van der Waals surface area (Å²) in [6.07, 6.45) is 11.1. The summed E-state index contributed by atoms with van der Waals surface area (Å²) in [5, 5.41) is 18.3. The van der Waals surface area contributed by atoms with Crippen molar-refractivity contribution >= 4 is 19.8 Å². The van der Waals surface area contributed by atoms with Crippen molar-refractivity contribution in [3.8, 4) is 0 Å². The highest BCUT2D eigenvalue weighted by molar-refractivity contribution is 7.47. The van der Waals surface area contributed by atoms with Crippen molar-refractivity contribution in [3.63, 3.8) is 0 Å². The number of aliphatic carboxylic acids is 1. The average molecular weight is 530 g/mol. The molecule has 0 aromatic rings. The Balaban J connectivity index is 3.74. The fourth-order valence-electron chi connectivity index (χ4n) is 3.11. The molecular weight excluding hydrogens is 477 g/mol. The molecule has 0 aliphatic carbocycles. The first-order valence-corrected chi connectivity index (χ1v) is 14.3. The van der Waals surface area contributed by atoms with E-state index in [9.17, 15) is 24.2 Å². The maximum Gasteiger partial charge on any atom is 0.472 e. The number of aliphatic hydroxyl groups is 1. The smallest absolute Gasteiger partial charge is 0.472 e. The van der Waals surface area contributed by atoms with Crippen LogP contribution in [0.2, 0.25) is 0 Å². The number of aliphatic hydroxyl groups excluding tert-OH is 1. The van der Waals surface area contributed by atoms with Gasteiger partial charge >= 0.3 is 19.8 Å². The van der Waals surface area contributed by atoms with E-state index in [0.29, 0.717) is 6.42 Å². The largest absolute Gasteiger partial charge is 0.480 e. The SMILES string of the molecule is [3H][C@H](CCCCCCCC)[C@@H]([3H])CCCCCCCC(=O)OC[C@@H](O)COP(=O)(O)OC[C@H](N)C(=O)O. The van der Waals surface area contributed by atoms with Crippen LogP contribution in [-0.4, -0.2) is 59.0 Å². The Morgan fingerprint density at radius 1 is 0.857 bits per heavy atom. The number of phosphoric ester groups is 1. The van der Waals surface area contributed by atoms with Gasteiger partial charge in [0.05, 0.1) is 13.2 Å². The monoisotopic (exact) mass is 529 g/mol. The Bertz CT molecular complexity index is 660. The number of carbonyl (C=O) groups is 2. The molecule has 10 nitrogen and oxygen atoms in total. The molecule has 0 bridgehead atoms. The van der Waals surface area contributed by atoms with E-state index >= 15 is 0 Å². The van der Waals surface area contributed by atoms with Crippen molar-refractivity contribution in [2.24, 2.45) is 5.73 Å². The van der Waals surface area contributed by atoms with E-state index < -0.39 is 51.7 Å². The summed E-state index contributed by atoms with van der Waals surface area (Å²) in [7, 11) is -4.61. The molecule has 1 unspecified atom stereocenters. The summed E-state index contributed by atoms with van der Waals surface area (Å²) in [6.45, 7) is 0.365. The molecule has 0 amide bonds. The molecule has 0 saturated heterocycles. The van der Waals surface area contributed by atoms with Crippen LogP contribution in [0, 0.1) is 0 Å². The molecule has 5 atom stereocenters. The minimum atomic E-state index is -4.61. The van der Waals surface area contributed by atoms with E-state index in [1.54, 1.807) is 0 Å². The van der Waals surface area contributed by atoms with Gasteiger partial charge in [0.25, 0.3) is 0 Å². The fourth-order valence-corrected chi connectivity index (χ4v) is 3.90. The minimum Gasteiger partial charge on any atom is -0.480 e. The molecule has 0 heterocycles. The highest BCUT2D eigenvalue weighted by atomic mass is 31.2. The summed E-state index contributed by atoms with van der Waals surface area (Å²) in [4.78, 5) is 31.8. The molecule has 0 saturated carbocycles. The van der Waals surface area contributed by atoms with Gasteiger partial charge in [-0.3, -0.25) is 18.6 Å². The number of carboxylic acid groups (broad SMARTS) is 1. The van der Waals surface area contributed by atoms with Gasteiger partial charge in [-0.2, -0.15) is 0 Å². The first kappa shape index (κ1) is 30.2. The van der Waals surface area contributed by atoms with E-state index in [-0.39, 0.29) is 19.2 Å². The van der Waals surface area contributed by atoms with Crippen molar-refractivity contribution in [2.45, 2.75) is 122 Å². The molecule has 0 spiro atoms. The third-order valence-corrected chi connectivity index (χ3v) is 6.19. The molecule has 0 aromatic carbocycles. The molecule has 5 N–H and O–H groups in total.